The molecule has 1 amide bonds. The van der Waals surface area contributed by atoms with Crippen LogP contribution >= 0.6 is 11.3 Å². The first-order chi connectivity index (χ1) is 29.8. The van der Waals surface area contributed by atoms with Gasteiger partial charge in [0, 0.05) is 32.6 Å². The van der Waals surface area contributed by atoms with Gasteiger partial charge in [0.25, 0.3) is 0 Å². The van der Waals surface area contributed by atoms with Gasteiger partial charge < -0.3 is 35.1 Å². The van der Waals surface area contributed by atoms with E-state index in [0.717, 1.165) is 66.9 Å². The molecule has 4 aromatic rings. The second-order valence-corrected chi connectivity index (χ2v) is 17.2. The number of carbonyl (C=O) groups is 2. The van der Waals surface area contributed by atoms with Crippen LogP contribution < -0.4 is 10.2 Å². The molecular formula is C50H78N4O6S. The molecular weight excluding hydrogens is 785 g/mol. The predicted molar refractivity (Wildman–Crippen MR) is 255 cm³/mol. The van der Waals surface area contributed by atoms with E-state index in [-0.39, 0.29) is 16.5 Å². The minimum absolute atomic E-state index is 0.0926. The molecule has 1 heterocycles. The summed E-state index contributed by atoms with van der Waals surface area (Å²) in [6.45, 7) is 13.0. The van der Waals surface area contributed by atoms with Gasteiger partial charge in [0.15, 0.2) is 0 Å². The summed E-state index contributed by atoms with van der Waals surface area (Å²) >= 11 is 1.12. The monoisotopic (exact) mass is 863 g/mol. The molecule has 0 spiro atoms. The van der Waals surface area contributed by atoms with Crippen molar-refractivity contribution >= 4 is 44.2 Å². The number of unbranched alkanes of at least 4 members (excludes halogenated alkanes) is 14. The third-order valence-electron chi connectivity index (χ3n) is 11.6. The number of rotatable bonds is 33. The van der Waals surface area contributed by atoms with Crippen LogP contribution in [-0.4, -0.2) is 95.9 Å². The van der Waals surface area contributed by atoms with Crippen LogP contribution in [0.3, 0.4) is 0 Å². The molecule has 0 unspecified atom stereocenters. The number of hydrogen-bond donors (Lipinski definition) is 4. The van der Waals surface area contributed by atoms with Crippen LogP contribution in [0.1, 0.15) is 141 Å². The molecule has 0 aliphatic heterocycles. The SMILES string of the molecule is CCCCCCCCCCCCCCCCCC(=O)O.CCN(CC)CCN(CCNCCc1ccc(O)c2[nH]c(=O)sc12)C(=O)CCOCCc1cccc2ccccc12. The maximum atomic E-state index is 13.2. The number of aliphatic carboxylic acids is 1. The van der Waals surface area contributed by atoms with Crippen LogP contribution in [0.15, 0.2) is 59.4 Å². The molecule has 0 radical (unpaired) electrons. The highest BCUT2D eigenvalue weighted by Crippen LogP contribution is 2.28. The molecule has 4 N–H and O–H groups in total. The number of benzene rings is 3. The normalized spacial score (nSPS) is 11.3. The lowest BCUT2D eigenvalue weighted by Gasteiger charge is -2.27. The summed E-state index contributed by atoms with van der Waals surface area (Å²) in [5.41, 5.74) is 2.79. The van der Waals surface area contributed by atoms with Gasteiger partial charge in [-0.05, 0) is 66.9 Å². The summed E-state index contributed by atoms with van der Waals surface area (Å²) in [6, 6.07) is 18.2. The van der Waals surface area contributed by atoms with Crippen molar-refractivity contribution in [2.45, 2.75) is 143 Å². The summed E-state index contributed by atoms with van der Waals surface area (Å²) in [5.74, 6) is -0.448. The lowest BCUT2D eigenvalue weighted by molar-refractivity contribution is -0.137. The van der Waals surface area contributed by atoms with Crippen molar-refractivity contribution in [2.24, 2.45) is 0 Å². The number of H-pyrrole nitrogens is 1. The van der Waals surface area contributed by atoms with Crippen LogP contribution in [0, 0.1) is 0 Å². The summed E-state index contributed by atoms with van der Waals surface area (Å²) in [7, 11) is 0. The van der Waals surface area contributed by atoms with E-state index >= 15 is 0 Å². The van der Waals surface area contributed by atoms with Gasteiger partial charge in [-0.2, -0.15) is 0 Å². The number of amides is 1. The van der Waals surface area contributed by atoms with Gasteiger partial charge in [-0.25, -0.2) is 0 Å². The first-order valence-corrected chi connectivity index (χ1v) is 24.4. The molecule has 340 valence electrons. The van der Waals surface area contributed by atoms with E-state index in [1.807, 2.05) is 11.0 Å². The highest BCUT2D eigenvalue weighted by molar-refractivity contribution is 7.16. The topological polar surface area (TPSA) is 135 Å². The van der Waals surface area contributed by atoms with Crippen LogP contribution in [-0.2, 0) is 27.2 Å². The van der Waals surface area contributed by atoms with Crippen molar-refractivity contribution in [1.82, 2.24) is 20.1 Å². The van der Waals surface area contributed by atoms with E-state index in [0.29, 0.717) is 57.8 Å². The molecule has 61 heavy (non-hydrogen) atoms. The number of phenols is 1. The molecule has 3 aromatic carbocycles. The minimum atomic E-state index is -0.653. The van der Waals surface area contributed by atoms with E-state index in [2.05, 4.69) is 78.4 Å². The quantitative estimate of drug-likeness (QED) is 0.0348. The Balaban J connectivity index is 0.000000419. The van der Waals surface area contributed by atoms with Gasteiger partial charge in [0.1, 0.15) is 11.3 Å². The van der Waals surface area contributed by atoms with Gasteiger partial charge in [-0.3, -0.25) is 14.4 Å². The smallest absolute Gasteiger partial charge is 0.305 e. The molecule has 0 saturated carbocycles. The van der Waals surface area contributed by atoms with Crippen LogP contribution in [0.5, 0.6) is 5.75 Å². The van der Waals surface area contributed by atoms with Crippen molar-refractivity contribution in [1.29, 1.82) is 0 Å². The number of carbonyl (C=O) groups excluding carboxylic acids is 1. The number of aromatic hydroxyl groups is 1. The van der Waals surface area contributed by atoms with Gasteiger partial charge in [0.05, 0.1) is 24.3 Å². The highest BCUT2D eigenvalue weighted by Gasteiger charge is 2.15. The number of fused-ring (bicyclic) bond motifs is 2. The number of ether oxygens (including phenoxy) is 1. The number of carboxylic acids is 1. The van der Waals surface area contributed by atoms with E-state index < -0.39 is 5.97 Å². The molecule has 11 heteroatoms. The summed E-state index contributed by atoms with van der Waals surface area (Å²) < 4.78 is 6.70. The number of hydrogen-bond acceptors (Lipinski definition) is 8. The first kappa shape index (κ1) is 51.6. The number of nitrogens with zero attached hydrogens (tertiary/aromatic N) is 2. The molecule has 0 atom stereocenters. The van der Waals surface area contributed by atoms with Crippen molar-refractivity contribution in [3.05, 3.63) is 75.4 Å². The van der Waals surface area contributed by atoms with Crippen LogP contribution in [0.25, 0.3) is 21.0 Å². The maximum absolute atomic E-state index is 13.2. The Bertz CT molecular complexity index is 1830. The number of carboxylic acid groups (broad SMARTS) is 1. The second-order valence-electron chi connectivity index (χ2n) is 16.2. The van der Waals surface area contributed by atoms with E-state index in [1.165, 1.54) is 99.8 Å². The predicted octanol–water partition coefficient (Wildman–Crippen LogP) is 10.7. The fourth-order valence-electron chi connectivity index (χ4n) is 7.76. The number of nitrogens with one attached hydrogen (secondary N) is 2. The van der Waals surface area contributed by atoms with E-state index in [9.17, 15) is 19.5 Å². The number of aromatic amines is 1. The summed E-state index contributed by atoms with van der Waals surface area (Å²) in [6.07, 6.45) is 22.1. The number of phenolic OH excluding ortho intramolecular Hbond substituents is 1. The van der Waals surface area contributed by atoms with Crippen LogP contribution in [0.2, 0.25) is 0 Å². The standard InChI is InChI=1S/C32H42N4O4S.C18H36O2/c1-3-35(4-2)20-21-36(19-18-33-17-14-26-12-13-28(37)30-31(26)41-32(39)34-30)29(38)16-23-40-22-15-25-10-7-9-24-8-5-6-11-27(24)25;1-2-3-4-5-6-7-8-9-10-11-12-13-14-15-16-17-18(19)20/h5-13,33,37H,3-4,14-23H2,1-2H3,(H,34,39);2-17H2,1H3,(H,19,20). The third kappa shape index (κ3) is 21.2. The lowest BCUT2D eigenvalue weighted by Crippen LogP contribution is -2.42. The molecule has 0 saturated heterocycles. The third-order valence-corrected chi connectivity index (χ3v) is 12.5. The van der Waals surface area contributed by atoms with Crippen LogP contribution in [0.4, 0.5) is 0 Å². The van der Waals surface area contributed by atoms with E-state index in [1.54, 1.807) is 6.07 Å². The van der Waals surface area contributed by atoms with Crippen molar-refractivity contribution < 1.29 is 24.5 Å². The Hall–Kier alpha value is -3.77. The minimum Gasteiger partial charge on any atom is -0.506 e. The lowest BCUT2D eigenvalue weighted by atomic mass is 10.0. The first-order valence-electron chi connectivity index (χ1n) is 23.6. The van der Waals surface area contributed by atoms with Gasteiger partial charge in [0.2, 0.25) is 5.91 Å². The van der Waals surface area contributed by atoms with Crippen molar-refractivity contribution in [3.8, 4) is 5.75 Å². The van der Waals surface area contributed by atoms with Gasteiger partial charge >= 0.3 is 10.8 Å². The Labute approximate surface area is 370 Å². The zero-order valence-electron chi connectivity index (χ0n) is 37.8. The Morgan fingerprint density at radius 2 is 1.33 bits per heavy atom. The van der Waals surface area contributed by atoms with Gasteiger partial charge in [-0.15, -0.1) is 0 Å². The molecule has 0 fully saturated rings. The molecule has 1 aromatic heterocycles. The zero-order chi connectivity index (χ0) is 43.9. The zero-order valence-corrected chi connectivity index (χ0v) is 38.6. The van der Waals surface area contributed by atoms with Crippen molar-refractivity contribution in [3.63, 3.8) is 0 Å². The molecule has 0 bridgehead atoms. The van der Waals surface area contributed by atoms with Crippen molar-refractivity contribution in [2.75, 3.05) is 59.0 Å². The fraction of sp³-hybridized carbons (Fsp3) is 0.620. The summed E-state index contributed by atoms with van der Waals surface area (Å²) in [5, 5.41) is 24.5. The second kappa shape index (κ2) is 32.0. The summed E-state index contributed by atoms with van der Waals surface area (Å²) in [4.78, 5) is 42.1. The Morgan fingerprint density at radius 1 is 0.689 bits per heavy atom. The van der Waals surface area contributed by atoms with Gasteiger partial charge in [-0.1, -0.05) is 171 Å². The Kier molecular flexibility index (Phi) is 27.0. The average Bonchev–Trinajstić information content (AvgIpc) is 3.67. The molecule has 0 aliphatic rings. The number of likely N-dealkylation sites (N-methyl/N-ethyl adjacent to an activating group) is 1. The molecule has 10 nitrogen and oxygen atoms in total. The number of thiazole rings is 1. The molecule has 0 aliphatic carbocycles. The highest BCUT2D eigenvalue weighted by atomic mass is 32.1. The maximum Gasteiger partial charge on any atom is 0.305 e. The molecule has 4 rings (SSSR count). The Morgan fingerprint density at radius 3 is 1.98 bits per heavy atom. The average molecular weight is 863 g/mol. The number of aromatic nitrogens is 1. The van der Waals surface area contributed by atoms with E-state index in [4.69, 9.17) is 9.84 Å². The fourth-order valence-corrected chi connectivity index (χ4v) is 8.65. The largest absolute Gasteiger partial charge is 0.506 e.